The van der Waals surface area contributed by atoms with Gasteiger partial charge in [-0.3, -0.25) is 4.68 Å². The molecular weight excluding hydrogens is 347 g/mol. The molecule has 0 spiro atoms. The summed E-state index contributed by atoms with van der Waals surface area (Å²) in [6.45, 7) is 4.10. The maximum Gasteiger partial charge on any atom is 0.435 e. The number of urea groups is 1. The van der Waals surface area contributed by atoms with Gasteiger partial charge in [-0.15, -0.1) is 0 Å². The zero-order valence-corrected chi connectivity index (χ0v) is 15.0. The van der Waals surface area contributed by atoms with E-state index in [9.17, 15) is 18.0 Å². The number of piperidine rings is 2. The zero-order chi connectivity index (χ0) is 18.7. The standard InChI is InChI=1S/C17H26F3N5O/c1-2-25-15(17(18,19)20)13(11-22-25)23-16(26)24-9-4-3-7-14(24)12-6-5-8-21-10-12/h11-12,14,21H,2-10H2,1H3,(H,23,26). The quantitative estimate of drug-likeness (QED) is 0.855. The molecule has 146 valence electrons. The Labute approximate surface area is 151 Å². The number of amides is 2. The summed E-state index contributed by atoms with van der Waals surface area (Å²) in [4.78, 5) is 14.5. The molecule has 2 N–H and O–H groups in total. The Bertz CT molecular complexity index is 624. The Hall–Kier alpha value is -1.77. The second-order valence-corrected chi connectivity index (χ2v) is 7.01. The first-order valence-electron chi connectivity index (χ1n) is 9.33. The highest BCUT2D eigenvalue weighted by atomic mass is 19.4. The van der Waals surface area contributed by atoms with E-state index in [1.54, 1.807) is 11.8 Å². The lowest BCUT2D eigenvalue weighted by molar-refractivity contribution is -0.143. The number of hydrogen-bond acceptors (Lipinski definition) is 3. The smallest absolute Gasteiger partial charge is 0.321 e. The third-order valence-electron chi connectivity index (χ3n) is 5.34. The van der Waals surface area contributed by atoms with Crippen LogP contribution in [-0.4, -0.2) is 46.4 Å². The van der Waals surface area contributed by atoms with Crippen LogP contribution in [0, 0.1) is 5.92 Å². The minimum atomic E-state index is -4.57. The van der Waals surface area contributed by atoms with Crippen molar-refractivity contribution in [3.05, 3.63) is 11.9 Å². The molecule has 0 aromatic carbocycles. The van der Waals surface area contributed by atoms with Crippen molar-refractivity contribution in [3.8, 4) is 0 Å². The van der Waals surface area contributed by atoms with Gasteiger partial charge in [0.25, 0.3) is 0 Å². The topological polar surface area (TPSA) is 62.2 Å². The first-order valence-corrected chi connectivity index (χ1v) is 9.33. The molecule has 2 unspecified atom stereocenters. The molecular formula is C17H26F3N5O. The number of aryl methyl sites for hydroxylation is 1. The van der Waals surface area contributed by atoms with Crippen molar-refractivity contribution >= 4 is 11.7 Å². The molecule has 0 saturated carbocycles. The molecule has 3 rings (SSSR count). The largest absolute Gasteiger partial charge is 0.435 e. The van der Waals surface area contributed by atoms with Gasteiger partial charge in [0, 0.05) is 19.1 Å². The highest BCUT2D eigenvalue weighted by molar-refractivity contribution is 5.90. The first kappa shape index (κ1) is 19.0. The summed E-state index contributed by atoms with van der Waals surface area (Å²) in [5.74, 6) is 0.357. The predicted molar refractivity (Wildman–Crippen MR) is 91.9 cm³/mol. The van der Waals surface area contributed by atoms with Crippen molar-refractivity contribution in [2.45, 2.75) is 57.8 Å². The summed E-state index contributed by atoms with van der Waals surface area (Å²) in [6, 6.07) is -0.381. The van der Waals surface area contributed by atoms with Gasteiger partial charge >= 0.3 is 12.2 Å². The molecule has 2 aliphatic heterocycles. The number of aromatic nitrogens is 2. The second-order valence-electron chi connectivity index (χ2n) is 7.01. The third-order valence-corrected chi connectivity index (χ3v) is 5.34. The van der Waals surface area contributed by atoms with Gasteiger partial charge in [-0.25, -0.2) is 4.79 Å². The highest BCUT2D eigenvalue weighted by Gasteiger charge is 2.40. The van der Waals surface area contributed by atoms with Crippen LogP contribution in [0.3, 0.4) is 0 Å². The third kappa shape index (κ3) is 3.97. The molecule has 6 nitrogen and oxygen atoms in total. The Morgan fingerprint density at radius 2 is 2.15 bits per heavy atom. The minimum Gasteiger partial charge on any atom is -0.321 e. The Kier molecular flexibility index (Phi) is 5.74. The molecule has 0 radical (unpaired) electrons. The molecule has 2 saturated heterocycles. The van der Waals surface area contributed by atoms with E-state index in [-0.39, 0.29) is 18.3 Å². The predicted octanol–water partition coefficient (Wildman–Crippen LogP) is 3.31. The molecule has 1 aromatic rings. The molecule has 3 heterocycles. The first-order chi connectivity index (χ1) is 12.4. The van der Waals surface area contributed by atoms with E-state index < -0.39 is 17.9 Å². The van der Waals surface area contributed by atoms with Gasteiger partial charge in [0.05, 0.1) is 11.9 Å². The van der Waals surface area contributed by atoms with E-state index in [0.29, 0.717) is 12.5 Å². The van der Waals surface area contributed by atoms with Crippen LogP contribution in [0.5, 0.6) is 0 Å². The van der Waals surface area contributed by atoms with Gasteiger partial charge in [0.2, 0.25) is 0 Å². The maximum absolute atomic E-state index is 13.4. The van der Waals surface area contributed by atoms with E-state index in [1.165, 1.54) is 0 Å². The van der Waals surface area contributed by atoms with Crippen molar-refractivity contribution in [1.29, 1.82) is 0 Å². The van der Waals surface area contributed by atoms with E-state index in [2.05, 4.69) is 15.7 Å². The number of hydrogen-bond donors (Lipinski definition) is 2. The number of nitrogens with one attached hydrogen (secondary N) is 2. The highest BCUT2D eigenvalue weighted by Crippen LogP contribution is 2.35. The SMILES string of the molecule is CCn1ncc(NC(=O)N2CCCCC2C2CCCNC2)c1C(F)(F)F. The number of carbonyl (C=O) groups is 1. The van der Waals surface area contributed by atoms with Gasteiger partial charge in [0.15, 0.2) is 5.69 Å². The van der Waals surface area contributed by atoms with E-state index in [1.807, 2.05) is 0 Å². The average molecular weight is 373 g/mol. The Morgan fingerprint density at radius 1 is 1.35 bits per heavy atom. The van der Waals surface area contributed by atoms with Crippen LogP contribution in [-0.2, 0) is 12.7 Å². The van der Waals surface area contributed by atoms with Crippen LogP contribution in [0.25, 0.3) is 0 Å². The normalized spacial score (nSPS) is 24.5. The van der Waals surface area contributed by atoms with E-state index in [0.717, 1.165) is 56.1 Å². The molecule has 2 amide bonds. The fourth-order valence-corrected chi connectivity index (χ4v) is 4.11. The van der Waals surface area contributed by atoms with Crippen molar-refractivity contribution < 1.29 is 18.0 Å². The van der Waals surface area contributed by atoms with Gasteiger partial charge in [-0.05, 0) is 58.0 Å². The van der Waals surface area contributed by atoms with E-state index in [4.69, 9.17) is 0 Å². The maximum atomic E-state index is 13.4. The summed E-state index contributed by atoms with van der Waals surface area (Å²) in [5, 5.41) is 9.60. The molecule has 0 aliphatic carbocycles. The van der Waals surface area contributed by atoms with Crippen LogP contribution < -0.4 is 10.6 Å². The van der Waals surface area contributed by atoms with Gasteiger partial charge in [-0.2, -0.15) is 18.3 Å². The monoisotopic (exact) mass is 373 g/mol. The van der Waals surface area contributed by atoms with Gasteiger partial charge in [0.1, 0.15) is 0 Å². The summed E-state index contributed by atoms with van der Waals surface area (Å²) in [6.07, 6.45) is 1.47. The van der Waals surface area contributed by atoms with Crippen molar-refractivity contribution in [3.63, 3.8) is 0 Å². The van der Waals surface area contributed by atoms with Crippen molar-refractivity contribution in [2.75, 3.05) is 25.0 Å². The van der Waals surface area contributed by atoms with Gasteiger partial charge in [-0.1, -0.05) is 0 Å². The fourth-order valence-electron chi connectivity index (χ4n) is 4.11. The number of carbonyl (C=O) groups excluding carboxylic acids is 1. The minimum absolute atomic E-state index is 0.0760. The van der Waals surface area contributed by atoms with Crippen molar-refractivity contribution in [2.24, 2.45) is 5.92 Å². The average Bonchev–Trinajstić information content (AvgIpc) is 3.05. The molecule has 26 heavy (non-hydrogen) atoms. The van der Waals surface area contributed by atoms with E-state index >= 15 is 0 Å². The van der Waals surface area contributed by atoms with Crippen LogP contribution >= 0.6 is 0 Å². The second kappa shape index (κ2) is 7.85. The Morgan fingerprint density at radius 3 is 2.81 bits per heavy atom. The lowest BCUT2D eigenvalue weighted by Gasteiger charge is -2.41. The fraction of sp³-hybridized carbons (Fsp3) is 0.765. The number of nitrogens with zero attached hydrogens (tertiary/aromatic N) is 3. The van der Waals surface area contributed by atoms with Crippen molar-refractivity contribution in [1.82, 2.24) is 20.0 Å². The summed E-state index contributed by atoms with van der Waals surface area (Å²) < 4.78 is 40.9. The molecule has 2 aliphatic rings. The van der Waals surface area contributed by atoms with Crippen LogP contribution in [0.15, 0.2) is 6.20 Å². The zero-order valence-electron chi connectivity index (χ0n) is 15.0. The number of anilines is 1. The number of rotatable bonds is 3. The molecule has 2 atom stereocenters. The van der Waals surface area contributed by atoms with Crippen LogP contribution in [0.1, 0.15) is 44.7 Å². The number of likely N-dealkylation sites (tertiary alicyclic amines) is 1. The lowest BCUT2D eigenvalue weighted by Crippen LogP contribution is -2.52. The summed E-state index contributed by atoms with van der Waals surface area (Å²) in [7, 11) is 0. The molecule has 9 heteroatoms. The number of alkyl halides is 3. The van der Waals surface area contributed by atoms with Gasteiger partial charge < -0.3 is 15.5 Å². The molecule has 1 aromatic heterocycles. The summed E-state index contributed by atoms with van der Waals surface area (Å²) >= 11 is 0. The van der Waals surface area contributed by atoms with Crippen LogP contribution in [0.4, 0.5) is 23.7 Å². The molecule has 0 bridgehead atoms. The Balaban J connectivity index is 1.77. The lowest BCUT2D eigenvalue weighted by atomic mass is 9.85. The molecule has 2 fully saturated rings. The summed E-state index contributed by atoms with van der Waals surface area (Å²) in [5.41, 5.74) is -1.17. The van der Waals surface area contributed by atoms with Crippen LogP contribution in [0.2, 0.25) is 0 Å². The number of halogens is 3.